The molecule has 1 heterocycles. The van der Waals surface area contributed by atoms with E-state index in [1.165, 1.54) is 0 Å². The second-order valence-corrected chi connectivity index (χ2v) is 3.52. The smallest absolute Gasteiger partial charge is 0.363 e. The maximum Gasteiger partial charge on any atom is 0.363 e. The molecule has 0 spiro atoms. The molecule has 4 nitrogen and oxygen atoms in total. The maximum atomic E-state index is 11.4. The molecule has 2 rings (SSSR count). The number of nitrogens with zero attached hydrogens (tertiary/aromatic N) is 1. The average molecular weight is 231 g/mol. The number of aliphatic imine (C=N–C) groups is 1. The molecule has 1 aliphatic rings. The van der Waals surface area contributed by atoms with Gasteiger partial charge in [-0.25, -0.2) is 9.79 Å². The van der Waals surface area contributed by atoms with Gasteiger partial charge in [-0.05, 0) is 19.1 Å². The van der Waals surface area contributed by atoms with Crippen LogP contribution in [-0.4, -0.2) is 18.5 Å². The Morgan fingerprint density at radius 3 is 2.82 bits per heavy atom. The summed E-state index contributed by atoms with van der Waals surface area (Å²) >= 11 is 0. The van der Waals surface area contributed by atoms with E-state index in [1.54, 1.807) is 13.0 Å². The van der Waals surface area contributed by atoms with E-state index in [-0.39, 0.29) is 0 Å². The van der Waals surface area contributed by atoms with Gasteiger partial charge in [0.15, 0.2) is 11.6 Å². The van der Waals surface area contributed by atoms with Gasteiger partial charge in [-0.3, -0.25) is 0 Å². The summed E-state index contributed by atoms with van der Waals surface area (Å²) in [7, 11) is 0. The first-order valence-electron chi connectivity index (χ1n) is 5.41. The lowest BCUT2D eigenvalue weighted by atomic mass is 10.1. The minimum absolute atomic E-state index is 0.301. The molecule has 0 bridgehead atoms. The summed E-state index contributed by atoms with van der Waals surface area (Å²) in [6, 6.07) is 7.49. The van der Waals surface area contributed by atoms with Crippen LogP contribution in [0.3, 0.4) is 0 Å². The number of hydrogen-bond acceptors (Lipinski definition) is 4. The third-order valence-corrected chi connectivity index (χ3v) is 2.24. The highest BCUT2D eigenvalue weighted by Crippen LogP contribution is 2.23. The van der Waals surface area contributed by atoms with E-state index in [1.807, 2.05) is 31.2 Å². The van der Waals surface area contributed by atoms with E-state index >= 15 is 0 Å². The Morgan fingerprint density at radius 1 is 1.41 bits per heavy atom. The van der Waals surface area contributed by atoms with Crippen LogP contribution in [0.1, 0.15) is 19.4 Å². The van der Waals surface area contributed by atoms with Crippen LogP contribution in [0.15, 0.2) is 35.0 Å². The maximum absolute atomic E-state index is 11.4. The summed E-state index contributed by atoms with van der Waals surface area (Å²) in [4.78, 5) is 15.4. The number of esters is 1. The van der Waals surface area contributed by atoms with E-state index < -0.39 is 5.97 Å². The molecule has 0 aliphatic carbocycles. The Hall–Kier alpha value is -2.10. The largest absolute Gasteiger partial charge is 0.493 e. The van der Waals surface area contributed by atoms with E-state index in [9.17, 15) is 4.79 Å². The Bertz CT molecular complexity index is 503. The third-order valence-electron chi connectivity index (χ3n) is 2.24. The molecule has 0 amide bonds. The van der Waals surface area contributed by atoms with E-state index in [0.717, 1.165) is 11.3 Å². The lowest BCUT2D eigenvalue weighted by Gasteiger charge is -2.06. The lowest BCUT2D eigenvalue weighted by Crippen LogP contribution is -2.00. The topological polar surface area (TPSA) is 47.9 Å². The molecule has 4 heteroatoms. The zero-order valence-corrected chi connectivity index (χ0v) is 9.77. The van der Waals surface area contributed by atoms with Gasteiger partial charge in [-0.15, -0.1) is 0 Å². The van der Waals surface area contributed by atoms with Crippen molar-refractivity contribution in [3.05, 3.63) is 35.5 Å². The van der Waals surface area contributed by atoms with Crippen molar-refractivity contribution in [2.75, 3.05) is 6.61 Å². The standard InChI is InChI=1S/C13H13NO3/c1-3-16-12-7-5-4-6-10(12)8-11-13(15)17-9(2)14-11/h4-8H,3H2,1-2H3/b11-8-. The second kappa shape index (κ2) is 4.82. The third kappa shape index (κ3) is 2.53. The molecular formula is C13H13NO3. The molecule has 1 aromatic rings. The van der Waals surface area contributed by atoms with Crippen LogP contribution in [-0.2, 0) is 9.53 Å². The van der Waals surface area contributed by atoms with Crippen LogP contribution in [0.4, 0.5) is 0 Å². The Morgan fingerprint density at radius 2 is 2.18 bits per heavy atom. The molecule has 1 aliphatic heterocycles. The van der Waals surface area contributed by atoms with E-state index in [4.69, 9.17) is 9.47 Å². The van der Waals surface area contributed by atoms with Crippen molar-refractivity contribution in [2.45, 2.75) is 13.8 Å². The molecule has 0 saturated carbocycles. The fourth-order valence-corrected chi connectivity index (χ4v) is 1.55. The second-order valence-electron chi connectivity index (χ2n) is 3.52. The molecule has 0 radical (unpaired) electrons. The first-order valence-corrected chi connectivity index (χ1v) is 5.41. The Kier molecular flexibility index (Phi) is 3.23. The lowest BCUT2D eigenvalue weighted by molar-refractivity contribution is -0.130. The van der Waals surface area contributed by atoms with Crippen LogP contribution in [0, 0.1) is 0 Å². The molecule has 17 heavy (non-hydrogen) atoms. The number of cyclic esters (lactones) is 1. The predicted octanol–water partition coefficient (Wildman–Crippen LogP) is 2.40. The summed E-state index contributed by atoms with van der Waals surface area (Å²) in [5.74, 6) is 0.680. The summed E-state index contributed by atoms with van der Waals surface area (Å²) in [5, 5.41) is 0. The molecule has 0 saturated heterocycles. The number of hydrogen-bond donors (Lipinski definition) is 0. The normalized spacial score (nSPS) is 16.9. The highest BCUT2D eigenvalue weighted by atomic mass is 16.6. The van der Waals surface area contributed by atoms with Crippen LogP contribution in [0.2, 0.25) is 0 Å². The Balaban J connectivity index is 2.35. The van der Waals surface area contributed by atoms with Crippen molar-refractivity contribution in [1.82, 2.24) is 0 Å². The molecular weight excluding hydrogens is 218 g/mol. The van der Waals surface area contributed by atoms with Gasteiger partial charge >= 0.3 is 5.97 Å². The molecule has 0 unspecified atom stereocenters. The zero-order chi connectivity index (χ0) is 12.3. The highest BCUT2D eigenvalue weighted by Gasteiger charge is 2.20. The van der Waals surface area contributed by atoms with Crippen LogP contribution in [0.25, 0.3) is 6.08 Å². The van der Waals surface area contributed by atoms with Gasteiger partial charge in [0.05, 0.1) is 6.61 Å². The average Bonchev–Trinajstić information content (AvgIpc) is 2.61. The van der Waals surface area contributed by atoms with Gasteiger partial charge in [0, 0.05) is 12.5 Å². The minimum Gasteiger partial charge on any atom is -0.493 e. The SMILES string of the molecule is CCOc1ccccc1/C=C1\N=C(C)OC1=O. The number of carbonyl (C=O) groups excluding carboxylic acids is 1. The summed E-state index contributed by atoms with van der Waals surface area (Å²) < 4.78 is 10.3. The number of carbonyl (C=O) groups is 1. The molecule has 0 atom stereocenters. The summed E-state index contributed by atoms with van der Waals surface area (Å²) in [6.07, 6.45) is 1.67. The molecule has 88 valence electrons. The molecule has 0 N–H and O–H groups in total. The van der Waals surface area contributed by atoms with Crippen LogP contribution >= 0.6 is 0 Å². The summed E-state index contributed by atoms with van der Waals surface area (Å²) in [6.45, 7) is 4.14. The molecule has 1 aromatic carbocycles. The Labute approximate surface area is 99.6 Å². The van der Waals surface area contributed by atoms with Crippen molar-refractivity contribution in [3.63, 3.8) is 0 Å². The fourth-order valence-electron chi connectivity index (χ4n) is 1.55. The van der Waals surface area contributed by atoms with Crippen molar-refractivity contribution in [1.29, 1.82) is 0 Å². The fraction of sp³-hybridized carbons (Fsp3) is 0.231. The van der Waals surface area contributed by atoms with Crippen LogP contribution < -0.4 is 4.74 Å². The number of benzene rings is 1. The highest BCUT2D eigenvalue weighted by molar-refractivity contribution is 6.06. The predicted molar refractivity (Wildman–Crippen MR) is 64.8 cm³/mol. The van der Waals surface area contributed by atoms with Gasteiger partial charge in [0.25, 0.3) is 0 Å². The minimum atomic E-state index is -0.422. The van der Waals surface area contributed by atoms with Crippen molar-refractivity contribution in [2.24, 2.45) is 4.99 Å². The van der Waals surface area contributed by atoms with Gasteiger partial charge in [-0.2, -0.15) is 0 Å². The molecule has 0 fully saturated rings. The zero-order valence-electron chi connectivity index (χ0n) is 9.77. The van der Waals surface area contributed by atoms with Gasteiger partial charge in [0.2, 0.25) is 0 Å². The first kappa shape index (κ1) is 11.4. The van der Waals surface area contributed by atoms with Gasteiger partial charge in [-0.1, -0.05) is 18.2 Å². The van der Waals surface area contributed by atoms with E-state index in [0.29, 0.717) is 18.2 Å². The van der Waals surface area contributed by atoms with Crippen molar-refractivity contribution < 1.29 is 14.3 Å². The van der Waals surface area contributed by atoms with Gasteiger partial charge < -0.3 is 9.47 Å². The number of rotatable bonds is 3. The number of para-hydroxylation sites is 1. The molecule has 0 aromatic heterocycles. The van der Waals surface area contributed by atoms with Gasteiger partial charge in [0.1, 0.15) is 5.75 Å². The van der Waals surface area contributed by atoms with E-state index in [2.05, 4.69) is 4.99 Å². The van der Waals surface area contributed by atoms with Crippen LogP contribution in [0.5, 0.6) is 5.75 Å². The summed E-state index contributed by atoms with van der Waals surface area (Å²) in [5.41, 5.74) is 1.12. The number of ether oxygens (including phenoxy) is 2. The monoisotopic (exact) mass is 231 g/mol. The van der Waals surface area contributed by atoms with Crippen molar-refractivity contribution in [3.8, 4) is 5.75 Å². The van der Waals surface area contributed by atoms with Crippen molar-refractivity contribution >= 4 is 17.9 Å². The quantitative estimate of drug-likeness (QED) is 0.592. The first-order chi connectivity index (χ1) is 8.20.